The molecule has 7 heteroatoms. The van der Waals surface area contributed by atoms with Gasteiger partial charge in [0.25, 0.3) is 0 Å². The average molecular weight is 309 g/mol. The highest BCUT2D eigenvalue weighted by Crippen LogP contribution is 2.27. The zero-order chi connectivity index (χ0) is 14.5. The molecule has 5 nitrogen and oxygen atoms in total. The highest BCUT2D eigenvalue weighted by Gasteiger charge is 2.17. The lowest BCUT2D eigenvalue weighted by Crippen LogP contribution is -2.22. The molecule has 1 aromatic heterocycles. The van der Waals surface area contributed by atoms with Crippen LogP contribution in [0.4, 0.5) is 5.69 Å². The molecular formula is C13H15N3O2S2. The maximum Gasteiger partial charge on any atom is 0.237 e. The zero-order valence-corrected chi connectivity index (χ0v) is 13.0. The number of carbonyl (C=O) groups excluding carboxylic acids is 1. The van der Waals surface area contributed by atoms with Crippen molar-refractivity contribution >= 4 is 34.7 Å². The monoisotopic (exact) mass is 309 g/mol. The predicted molar refractivity (Wildman–Crippen MR) is 81.6 cm³/mol. The highest BCUT2D eigenvalue weighted by atomic mass is 32.2. The Morgan fingerprint density at radius 2 is 2.25 bits per heavy atom. The molecule has 2 aromatic rings. The maximum atomic E-state index is 12.1. The topological polar surface area (TPSA) is 64.1 Å². The van der Waals surface area contributed by atoms with E-state index in [-0.39, 0.29) is 11.2 Å². The minimum Gasteiger partial charge on any atom is -0.497 e. The van der Waals surface area contributed by atoms with Gasteiger partial charge in [-0.25, -0.2) is 0 Å². The minimum atomic E-state index is -0.242. The number of aryl methyl sites for hydroxylation is 1. The molecule has 1 aromatic carbocycles. The number of aromatic nitrogens is 2. The lowest BCUT2D eigenvalue weighted by atomic mass is 10.3. The predicted octanol–water partition coefficient (Wildman–Crippen LogP) is 2.97. The van der Waals surface area contributed by atoms with Crippen molar-refractivity contribution in [3.8, 4) is 5.75 Å². The Hall–Kier alpha value is -1.60. The van der Waals surface area contributed by atoms with Gasteiger partial charge in [0.1, 0.15) is 10.8 Å². The van der Waals surface area contributed by atoms with Crippen molar-refractivity contribution in [2.75, 3.05) is 12.4 Å². The molecule has 1 amide bonds. The summed E-state index contributed by atoms with van der Waals surface area (Å²) in [6, 6.07) is 7.27. The first-order valence-electron chi connectivity index (χ1n) is 6.00. The third kappa shape index (κ3) is 3.94. The van der Waals surface area contributed by atoms with Gasteiger partial charge in [-0.2, -0.15) is 0 Å². The molecule has 1 heterocycles. The van der Waals surface area contributed by atoms with Gasteiger partial charge in [0.15, 0.2) is 4.34 Å². The molecule has 0 aliphatic heterocycles. The first-order chi connectivity index (χ1) is 9.58. The quantitative estimate of drug-likeness (QED) is 0.860. The van der Waals surface area contributed by atoms with Gasteiger partial charge in [-0.1, -0.05) is 29.2 Å². The van der Waals surface area contributed by atoms with Crippen LogP contribution in [0.2, 0.25) is 0 Å². The number of nitrogens with one attached hydrogen (secondary N) is 1. The minimum absolute atomic E-state index is 0.0730. The SMILES string of the molecule is COc1cccc(NC(=O)[C@H](C)Sc2nnc(C)s2)c1. The number of ether oxygens (including phenoxy) is 1. The summed E-state index contributed by atoms with van der Waals surface area (Å²) in [5, 5.41) is 11.5. The average Bonchev–Trinajstić information content (AvgIpc) is 2.84. The zero-order valence-electron chi connectivity index (χ0n) is 11.4. The summed E-state index contributed by atoms with van der Waals surface area (Å²) >= 11 is 2.89. The summed E-state index contributed by atoms with van der Waals surface area (Å²) in [5.41, 5.74) is 0.718. The van der Waals surface area contributed by atoms with Crippen molar-refractivity contribution in [3.63, 3.8) is 0 Å². The van der Waals surface area contributed by atoms with Crippen LogP contribution in [0.5, 0.6) is 5.75 Å². The van der Waals surface area contributed by atoms with Crippen LogP contribution in [0.25, 0.3) is 0 Å². The second-order valence-corrected chi connectivity index (χ2v) is 6.84. The molecule has 0 radical (unpaired) electrons. The normalized spacial score (nSPS) is 11.9. The van der Waals surface area contributed by atoms with E-state index in [0.29, 0.717) is 5.75 Å². The van der Waals surface area contributed by atoms with Gasteiger partial charge >= 0.3 is 0 Å². The van der Waals surface area contributed by atoms with E-state index in [1.165, 1.54) is 23.1 Å². The Morgan fingerprint density at radius 3 is 2.90 bits per heavy atom. The molecule has 0 saturated carbocycles. The van der Waals surface area contributed by atoms with E-state index in [4.69, 9.17) is 4.74 Å². The summed E-state index contributed by atoms with van der Waals surface area (Å²) < 4.78 is 5.92. The van der Waals surface area contributed by atoms with E-state index in [1.54, 1.807) is 13.2 Å². The fourth-order valence-electron chi connectivity index (χ4n) is 1.48. The van der Waals surface area contributed by atoms with Crippen molar-refractivity contribution in [2.24, 2.45) is 0 Å². The molecular weight excluding hydrogens is 294 g/mol. The van der Waals surface area contributed by atoms with Crippen molar-refractivity contribution in [2.45, 2.75) is 23.4 Å². The van der Waals surface area contributed by atoms with Crippen LogP contribution in [0.1, 0.15) is 11.9 Å². The molecule has 0 aliphatic rings. The Kier molecular flexibility index (Phi) is 4.97. The number of rotatable bonds is 5. The van der Waals surface area contributed by atoms with Crippen LogP contribution in [0.15, 0.2) is 28.6 Å². The molecule has 0 aliphatic carbocycles. The summed E-state index contributed by atoms with van der Waals surface area (Å²) in [6.45, 7) is 3.74. The fourth-order valence-corrected chi connectivity index (χ4v) is 3.44. The van der Waals surface area contributed by atoms with Gasteiger partial charge in [0.05, 0.1) is 12.4 Å². The molecule has 1 atom stereocenters. The maximum absolute atomic E-state index is 12.1. The number of hydrogen-bond donors (Lipinski definition) is 1. The summed E-state index contributed by atoms with van der Waals surface area (Å²) in [6.07, 6.45) is 0. The first kappa shape index (κ1) is 14.8. The lowest BCUT2D eigenvalue weighted by Gasteiger charge is -2.11. The second-order valence-electron chi connectivity index (χ2n) is 4.07. The number of methoxy groups -OCH3 is 1. The van der Waals surface area contributed by atoms with Crippen LogP contribution in [0.3, 0.4) is 0 Å². The number of benzene rings is 1. The number of nitrogens with zero attached hydrogens (tertiary/aromatic N) is 2. The third-order valence-electron chi connectivity index (χ3n) is 2.49. The second kappa shape index (κ2) is 6.71. The Labute approximate surface area is 125 Å². The molecule has 2 rings (SSSR count). The molecule has 0 fully saturated rings. The van der Waals surface area contributed by atoms with Gasteiger partial charge in [0.2, 0.25) is 5.91 Å². The largest absolute Gasteiger partial charge is 0.497 e. The number of anilines is 1. The van der Waals surface area contributed by atoms with Crippen molar-refractivity contribution in [1.29, 1.82) is 0 Å². The molecule has 0 bridgehead atoms. The van der Waals surface area contributed by atoms with E-state index >= 15 is 0 Å². The van der Waals surface area contributed by atoms with Crippen LogP contribution >= 0.6 is 23.1 Å². The standard InChI is InChI=1S/C13H15N3O2S2/c1-8(19-13-16-15-9(2)20-13)12(17)14-10-5-4-6-11(7-10)18-3/h4-8H,1-3H3,(H,14,17)/t8-/m0/s1. The molecule has 20 heavy (non-hydrogen) atoms. The molecule has 0 saturated heterocycles. The van der Waals surface area contributed by atoms with Crippen molar-refractivity contribution in [3.05, 3.63) is 29.3 Å². The Balaban J connectivity index is 1.96. The summed E-state index contributed by atoms with van der Waals surface area (Å²) in [5.74, 6) is 0.638. The van der Waals surface area contributed by atoms with Crippen molar-refractivity contribution < 1.29 is 9.53 Å². The number of carbonyl (C=O) groups is 1. The van der Waals surface area contributed by atoms with E-state index in [9.17, 15) is 4.79 Å². The van der Waals surface area contributed by atoms with Gasteiger partial charge in [0, 0.05) is 11.8 Å². The fraction of sp³-hybridized carbons (Fsp3) is 0.308. The van der Waals surface area contributed by atoms with Crippen LogP contribution in [0, 0.1) is 6.92 Å². The number of amides is 1. The van der Waals surface area contributed by atoms with Gasteiger partial charge in [-0.15, -0.1) is 10.2 Å². The molecule has 1 N–H and O–H groups in total. The van der Waals surface area contributed by atoms with Crippen LogP contribution < -0.4 is 10.1 Å². The molecule has 0 unspecified atom stereocenters. The molecule has 106 valence electrons. The summed E-state index contributed by atoms with van der Waals surface area (Å²) in [4.78, 5) is 12.1. The summed E-state index contributed by atoms with van der Waals surface area (Å²) in [7, 11) is 1.59. The smallest absolute Gasteiger partial charge is 0.237 e. The first-order valence-corrected chi connectivity index (χ1v) is 7.70. The van der Waals surface area contributed by atoms with Gasteiger partial charge in [-0.3, -0.25) is 4.79 Å². The Morgan fingerprint density at radius 1 is 1.45 bits per heavy atom. The van der Waals surface area contributed by atoms with Crippen molar-refractivity contribution in [1.82, 2.24) is 10.2 Å². The van der Waals surface area contributed by atoms with Gasteiger partial charge < -0.3 is 10.1 Å². The Bertz CT molecular complexity index is 601. The van der Waals surface area contributed by atoms with Gasteiger partial charge in [-0.05, 0) is 26.0 Å². The lowest BCUT2D eigenvalue weighted by molar-refractivity contribution is -0.115. The van der Waals surface area contributed by atoms with E-state index in [1.807, 2.05) is 32.0 Å². The number of hydrogen-bond acceptors (Lipinski definition) is 6. The van der Waals surface area contributed by atoms with E-state index in [2.05, 4.69) is 15.5 Å². The van der Waals surface area contributed by atoms with E-state index < -0.39 is 0 Å². The van der Waals surface area contributed by atoms with E-state index in [0.717, 1.165) is 15.0 Å². The van der Waals surface area contributed by atoms with Crippen LogP contribution in [-0.4, -0.2) is 28.5 Å². The van der Waals surface area contributed by atoms with Crippen LogP contribution in [-0.2, 0) is 4.79 Å². The number of thioether (sulfide) groups is 1. The molecule has 0 spiro atoms. The third-order valence-corrected chi connectivity index (χ3v) is 4.51. The highest BCUT2D eigenvalue weighted by molar-refractivity contribution is 8.02.